The van der Waals surface area contributed by atoms with Gasteiger partial charge in [0.2, 0.25) is 5.91 Å². The number of carbonyl (C=O) groups is 2. The first kappa shape index (κ1) is 22.2. The second-order valence-electron chi connectivity index (χ2n) is 6.72. The minimum atomic E-state index is -0.583. The minimum Gasteiger partial charge on any atom is -0.484 e. The van der Waals surface area contributed by atoms with E-state index in [-0.39, 0.29) is 18.4 Å². The van der Waals surface area contributed by atoms with Crippen molar-refractivity contribution in [1.29, 1.82) is 0 Å². The molecule has 0 heterocycles. The summed E-state index contributed by atoms with van der Waals surface area (Å²) in [5.74, 6) is 0.253. The zero-order chi connectivity index (χ0) is 20.5. The van der Waals surface area contributed by atoms with Crippen LogP contribution in [0.3, 0.4) is 0 Å². The Kier molecular flexibility index (Phi) is 8.76. The summed E-state index contributed by atoms with van der Waals surface area (Å²) in [4.78, 5) is 27.0. The molecule has 0 aliphatic heterocycles. The summed E-state index contributed by atoms with van der Waals surface area (Å²) in [6, 6.07) is 14.9. The van der Waals surface area contributed by atoms with Crippen LogP contribution in [0.25, 0.3) is 0 Å². The Morgan fingerprint density at radius 3 is 2.54 bits per heavy atom. The lowest BCUT2D eigenvalue weighted by Gasteiger charge is -2.28. The lowest BCUT2D eigenvalue weighted by Crippen LogP contribution is -2.49. The van der Waals surface area contributed by atoms with Gasteiger partial charge in [0.1, 0.15) is 11.8 Å². The normalized spacial score (nSPS) is 11.6. The fourth-order valence-corrected chi connectivity index (χ4v) is 3.10. The Balaban J connectivity index is 2.12. The highest BCUT2D eigenvalue weighted by Crippen LogP contribution is 2.15. The molecule has 1 N–H and O–H groups in total. The molecule has 0 aliphatic rings. The van der Waals surface area contributed by atoms with E-state index in [0.29, 0.717) is 18.8 Å². The fraction of sp³-hybridized carbons (Fsp3) is 0.364. The lowest BCUT2D eigenvalue weighted by atomic mass is 10.1. The number of benzene rings is 2. The van der Waals surface area contributed by atoms with Crippen LogP contribution in [0.5, 0.6) is 5.75 Å². The van der Waals surface area contributed by atoms with Crippen molar-refractivity contribution in [2.24, 2.45) is 0 Å². The van der Waals surface area contributed by atoms with Crippen LogP contribution in [-0.2, 0) is 16.1 Å². The Morgan fingerprint density at radius 1 is 1.18 bits per heavy atom. The van der Waals surface area contributed by atoms with Crippen LogP contribution in [-0.4, -0.2) is 35.9 Å². The van der Waals surface area contributed by atoms with E-state index in [0.717, 1.165) is 21.1 Å². The van der Waals surface area contributed by atoms with E-state index in [9.17, 15) is 9.59 Å². The number of nitrogens with zero attached hydrogens (tertiary/aromatic N) is 1. The second kappa shape index (κ2) is 11.0. The molecule has 0 aromatic heterocycles. The number of aryl methyl sites for hydroxylation is 1. The van der Waals surface area contributed by atoms with Gasteiger partial charge in [-0.3, -0.25) is 9.59 Å². The zero-order valence-electron chi connectivity index (χ0n) is 16.6. The van der Waals surface area contributed by atoms with Gasteiger partial charge in [0.15, 0.2) is 6.61 Å². The van der Waals surface area contributed by atoms with Gasteiger partial charge in [0.25, 0.3) is 5.91 Å². The van der Waals surface area contributed by atoms with Gasteiger partial charge in [0, 0.05) is 16.7 Å². The number of carbonyl (C=O) groups excluding carboxylic acids is 2. The molecule has 28 heavy (non-hydrogen) atoms. The summed E-state index contributed by atoms with van der Waals surface area (Å²) < 4.78 is 6.75. The molecule has 0 aliphatic carbocycles. The third-order valence-electron chi connectivity index (χ3n) is 4.33. The maximum absolute atomic E-state index is 12.9. The van der Waals surface area contributed by atoms with E-state index in [1.54, 1.807) is 11.8 Å². The molecular formula is C22H27IN2O3. The highest BCUT2D eigenvalue weighted by molar-refractivity contribution is 14.1. The smallest absolute Gasteiger partial charge is 0.261 e. The Labute approximate surface area is 180 Å². The van der Waals surface area contributed by atoms with Crippen molar-refractivity contribution < 1.29 is 14.3 Å². The maximum atomic E-state index is 12.9. The van der Waals surface area contributed by atoms with Gasteiger partial charge in [-0.25, -0.2) is 0 Å². The standard InChI is InChI=1S/C22H27IN2O3/c1-4-12-24-22(27)17(3)25(14-18-7-5-6-16(2)13-18)21(26)15-28-20-10-8-19(23)9-11-20/h5-11,13,17H,4,12,14-15H2,1-3H3,(H,24,27). The number of amides is 2. The zero-order valence-corrected chi connectivity index (χ0v) is 18.7. The predicted molar refractivity (Wildman–Crippen MR) is 119 cm³/mol. The van der Waals surface area contributed by atoms with E-state index in [1.165, 1.54) is 0 Å². The van der Waals surface area contributed by atoms with Gasteiger partial charge in [0.05, 0.1) is 0 Å². The monoisotopic (exact) mass is 494 g/mol. The molecule has 5 nitrogen and oxygen atoms in total. The third kappa shape index (κ3) is 6.82. The molecule has 0 saturated carbocycles. The predicted octanol–water partition coefficient (Wildman–Crippen LogP) is 3.92. The topological polar surface area (TPSA) is 58.6 Å². The number of halogens is 1. The van der Waals surface area contributed by atoms with Crippen molar-refractivity contribution in [3.63, 3.8) is 0 Å². The summed E-state index contributed by atoms with van der Waals surface area (Å²) in [6.07, 6.45) is 0.847. The van der Waals surface area contributed by atoms with Crippen LogP contribution >= 0.6 is 22.6 Å². The van der Waals surface area contributed by atoms with Crippen LogP contribution in [0.4, 0.5) is 0 Å². The van der Waals surface area contributed by atoms with Crippen LogP contribution in [0.2, 0.25) is 0 Å². The third-order valence-corrected chi connectivity index (χ3v) is 5.05. The molecule has 0 radical (unpaired) electrons. The second-order valence-corrected chi connectivity index (χ2v) is 7.97. The number of ether oxygens (including phenoxy) is 1. The van der Waals surface area contributed by atoms with Gasteiger partial charge in [-0.1, -0.05) is 36.8 Å². The van der Waals surface area contributed by atoms with E-state index in [4.69, 9.17) is 4.74 Å². The van der Waals surface area contributed by atoms with Crippen molar-refractivity contribution in [3.05, 3.63) is 63.2 Å². The first-order valence-electron chi connectivity index (χ1n) is 9.41. The Morgan fingerprint density at radius 2 is 1.89 bits per heavy atom. The van der Waals surface area contributed by atoms with Crippen LogP contribution in [0, 0.1) is 10.5 Å². The largest absolute Gasteiger partial charge is 0.484 e. The number of hydrogen-bond acceptors (Lipinski definition) is 3. The molecule has 0 bridgehead atoms. The average molecular weight is 494 g/mol. The SMILES string of the molecule is CCCNC(=O)C(C)N(Cc1cccc(C)c1)C(=O)COc1ccc(I)cc1. The quantitative estimate of drug-likeness (QED) is 0.538. The van der Waals surface area contributed by atoms with Crippen LogP contribution in [0.1, 0.15) is 31.4 Å². The highest BCUT2D eigenvalue weighted by atomic mass is 127. The summed E-state index contributed by atoms with van der Waals surface area (Å²) in [7, 11) is 0. The molecule has 0 fully saturated rings. The number of rotatable bonds is 9. The van der Waals surface area contributed by atoms with Crippen molar-refractivity contribution in [2.75, 3.05) is 13.2 Å². The van der Waals surface area contributed by atoms with Crippen molar-refractivity contribution >= 4 is 34.4 Å². The summed E-state index contributed by atoms with van der Waals surface area (Å²) >= 11 is 2.22. The van der Waals surface area contributed by atoms with E-state index < -0.39 is 6.04 Å². The molecule has 6 heteroatoms. The van der Waals surface area contributed by atoms with Crippen LogP contribution < -0.4 is 10.1 Å². The van der Waals surface area contributed by atoms with Crippen molar-refractivity contribution in [3.8, 4) is 5.75 Å². The van der Waals surface area contributed by atoms with E-state index >= 15 is 0 Å². The molecule has 1 unspecified atom stereocenters. The molecule has 2 amide bonds. The van der Waals surface area contributed by atoms with Crippen molar-refractivity contribution in [2.45, 2.75) is 39.8 Å². The molecule has 1 atom stereocenters. The molecule has 150 valence electrons. The maximum Gasteiger partial charge on any atom is 0.261 e. The fourth-order valence-electron chi connectivity index (χ4n) is 2.74. The first-order chi connectivity index (χ1) is 13.4. The molecular weight excluding hydrogens is 467 g/mol. The van der Waals surface area contributed by atoms with Gasteiger partial charge in [-0.2, -0.15) is 0 Å². The number of hydrogen-bond donors (Lipinski definition) is 1. The molecule has 2 aromatic rings. The molecule has 0 spiro atoms. The Hall–Kier alpha value is -2.09. The van der Waals surface area contributed by atoms with Crippen LogP contribution in [0.15, 0.2) is 48.5 Å². The summed E-state index contributed by atoms with van der Waals surface area (Å²) in [6.45, 7) is 6.59. The molecule has 2 rings (SSSR count). The average Bonchev–Trinajstić information content (AvgIpc) is 2.69. The first-order valence-corrected chi connectivity index (χ1v) is 10.5. The Bertz CT molecular complexity index is 793. The highest BCUT2D eigenvalue weighted by Gasteiger charge is 2.26. The van der Waals surface area contributed by atoms with Gasteiger partial charge in [-0.05, 0) is 72.7 Å². The number of nitrogens with one attached hydrogen (secondary N) is 1. The van der Waals surface area contributed by atoms with Gasteiger partial charge in [-0.15, -0.1) is 0 Å². The van der Waals surface area contributed by atoms with Crippen molar-refractivity contribution in [1.82, 2.24) is 10.2 Å². The summed E-state index contributed by atoms with van der Waals surface area (Å²) in [5, 5.41) is 2.87. The minimum absolute atomic E-state index is 0.113. The van der Waals surface area contributed by atoms with E-state index in [2.05, 4.69) is 27.9 Å². The molecule has 2 aromatic carbocycles. The van der Waals surface area contributed by atoms with E-state index in [1.807, 2.05) is 62.4 Å². The molecule has 0 saturated heterocycles. The van der Waals surface area contributed by atoms with Gasteiger partial charge < -0.3 is 15.0 Å². The summed E-state index contributed by atoms with van der Waals surface area (Å²) in [5.41, 5.74) is 2.10. The lowest BCUT2D eigenvalue weighted by molar-refractivity contribution is -0.142. The van der Waals surface area contributed by atoms with Gasteiger partial charge >= 0.3 is 0 Å².